The Bertz CT molecular complexity index is 217. The van der Waals surface area contributed by atoms with Crippen molar-refractivity contribution in [2.24, 2.45) is 5.92 Å². The first-order valence-corrected chi connectivity index (χ1v) is 5.20. The molecule has 0 aliphatic carbocycles. The Balaban J connectivity index is 3.70. The summed E-state index contributed by atoms with van der Waals surface area (Å²) in [6.07, 6.45) is -3.87. The van der Waals surface area contributed by atoms with Crippen molar-refractivity contribution in [3.05, 3.63) is 0 Å². The van der Waals surface area contributed by atoms with E-state index < -0.39 is 18.9 Å². The molecule has 0 bridgehead atoms. The van der Waals surface area contributed by atoms with Crippen molar-refractivity contribution in [1.82, 2.24) is 5.32 Å². The summed E-state index contributed by atoms with van der Waals surface area (Å²) in [6.45, 7) is 4.26. The molecule has 0 rings (SSSR count). The largest absolute Gasteiger partial charge is 0.440 e. The van der Waals surface area contributed by atoms with Crippen LogP contribution >= 0.6 is 0 Å². The molecular weight excluding hydrogens is 223 g/mol. The molecule has 0 fully saturated rings. The molecule has 0 saturated carbocycles. The van der Waals surface area contributed by atoms with Crippen molar-refractivity contribution in [1.29, 1.82) is 0 Å². The van der Waals surface area contributed by atoms with Crippen molar-refractivity contribution in [2.45, 2.75) is 45.8 Å². The van der Waals surface area contributed by atoms with Gasteiger partial charge in [0.25, 0.3) is 0 Å². The standard InChI is InChI=1S/C10H18F3NO2/c1-7(2)4-5-8(3)14-9(15)16-6-10(11,12)13/h7-8H,4-6H2,1-3H3,(H,14,15). The van der Waals surface area contributed by atoms with Gasteiger partial charge in [-0.15, -0.1) is 0 Å². The maximum absolute atomic E-state index is 11.7. The van der Waals surface area contributed by atoms with Crippen LogP contribution < -0.4 is 5.32 Å². The Morgan fingerprint density at radius 3 is 2.25 bits per heavy atom. The molecule has 0 aliphatic rings. The minimum atomic E-state index is -4.47. The molecule has 1 amide bonds. The van der Waals surface area contributed by atoms with Crippen molar-refractivity contribution in [3.8, 4) is 0 Å². The van der Waals surface area contributed by atoms with Gasteiger partial charge in [-0.3, -0.25) is 0 Å². The quantitative estimate of drug-likeness (QED) is 0.803. The van der Waals surface area contributed by atoms with E-state index in [0.717, 1.165) is 12.8 Å². The van der Waals surface area contributed by atoms with Crippen molar-refractivity contribution in [3.63, 3.8) is 0 Å². The highest BCUT2D eigenvalue weighted by Gasteiger charge is 2.29. The second-order valence-electron chi connectivity index (χ2n) is 4.21. The molecule has 0 aromatic rings. The van der Waals surface area contributed by atoms with E-state index in [4.69, 9.17) is 0 Å². The molecule has 0 saturated heterocycles. The van der Waals surface area contributed by atoms with Gasteiger partial charge >= 0.3 is 12.3 Å². The number of hydrogen-bond acceptors (Lipinski definition) is 2. The second-order valence-corrected chi connectivity index (χ2v) is 4.21. The first kappa shape index (κ1) is 15.1. The summed E-state index contributed by atoms with van der Waals surface area (Å²) in [6, 6.07) is -0.178. The van der Waals surface area contributed by atoms with Crippen LogP contribution in [0, 0.1) is 5.92 Å². The van der Waals surface area contributed by atoms with E-state index in [-0.39, 0.29) is 6.04 Å². The lowest BCUT2D eigenvalue weighted by Crippen LogP contribution is -2.35. The van der Waals surface area contributed by atoms with Crippen LogP contribution in [0.5, 0.6) is 0 Å². The number of halogens is 3. The minimum absolute atomic E-state index is 0.178. The molecule has 6 heteroatoms. The summed E-state index contributed by atoms with van der Waals surface area (Å²) in [4.78, 5) is 10.9. The molecule has 0 aromatic carbocycles. The number of carbonyl (C=O) groups excluding carboxylic acids is 1. The normalized spacial score (nSPS) is 13.7. The Labute approximate surface area is 93.3 Å². The molecule has 1 unspecified atom stereocenters. The Kier molecular flexibility index (Phi) is 6.21. The fraction of sp³-hybridized carbons (Fsp3) is 0.900. The average Bonchev–Trinajstić information content (AvgIpc) is 2.10. The van der Waals surface area contributed by atoms with Gasteiger partial charge in [0.1, 0.15) is 0 Å². The van der Waals surface area contributed by atoms with E-state index >= 15 is 0 Å². The summed E-state index contributed by atoms with van der Waals surface area (Å²) in [5.41, 5.74) is 0. The summed E-state index contributed by atoms with van der Waals surface area (Å²) < 4.78 is 39.1. The molecule has 0 heterocycles. The molecule has 96 valence electrons. The molecule has 3 nitrogen and oxygen atoms in total. The van der Waals surface area contributed by atoms with Crippen LogP contribution in [0.25, 0.3) is 0 Å². The molecular formula is C10H18F3NO2. The topological polar surface area (TPSA) is 38.3 Å². The number of ether oxygens (including phenoxy) is 1. The lowest BCUT2D eigenvalue weighted by Gasteiger charge is -2.15. The number of nitrogens with one attached hydrogen (secondary N) is 1. The maximum atomic E-state index is 11.7. The third-order valence-electron chi connectivity index (χ3n) is 1.91. The van der Waals surface area contributed by atoms with E-state index in [1.165, 1.54) is 0 Å². The maximum Gasteiger partial charge on any atom is 0.422 e. The van der Waals surface area contributed by atoms with Gasteiger partial charge in [-0.2, -0.15) is 13.2 Å². The van der Waals surface area contributed by atoms with E-state index in [2.05, 4.69) is 10.1 Å². The average molecular weight is 241 g/mol. The zero-order valence-electron chi connectivity index (χ0n) is 9.73. The third-order valence-corrected chi connectivity index (χ3v) is 1.91. The zero-order chi connectivity index (χ0) is 12.8. The lowest BCUT2D eigenvalue weighted by atomic mass is 10.0. The zero-order valence-corrected chi connectivity index (χ0v) is 9.73. The number of alkyl halides is 3. The summed E-state index contributed by atoms with van der Waals surface area (Å²) in [5.74, 6) is 0.496. The molecule has 0 spiro atoms. The van der Waals surface area contributed by atoms with Crippen LogP contribution in [0.4, 0.5) is 18.0 Å². The smallest absolute Gasteiger partial charge is 0.422 e. The highest BCUT2D eigenvalue weighted by atomic mass is 19.4. The predicted molar refractivity (Wildman–Crippen MR) is 54.1 cm³/mol. The fourth-order valence-electron chi connectivity index (χ4n) is 1.05. The Morgan fingerprint density at radius 2 is 1.81 bits per heavy atom. The molecule has 16 heavy (non-hydrogen) atoms. The van der Waals surface area contributed by atoms with Gasteiger partial charge in [-0.05, 0) is 25.7 Å². The van der Waals surface area contributed by atoms with Gasteiger partial charge in [0, 0.05) is 6.04 Å². The highest BCUT2D eigenvalue weighted by Crippen LogP contribution is 2.14. The van der Waals surface area contributed by atoms with E-state index in [1.54, 1.807) is 6.92 Å². The molecule has 1 N–H and O–H groups in total. The van der Waals surface area contributed by atoms with Gasteiger partial charge < -0.3 is 10.1 Å². The number of rotatable bonds is 5. The van der Waals surface area contributed by atoms with Crippen molar-refractivity contribution in [2.75, 3.05) is 6.61 Å². The van der Waals surface area contributed by atoms with Gasteiger partial charge in [-0.25, -0.2) is 4.79 Å². The number of alkyl carbamates (subject to hydrolysis) is 1. The van der Waals surface area contributed by atoms with Crippen LogP contribution in [0.3, 0.4) is 0 Å². The summed E-state index contributed by atoms with van der Waals surface area (Å²) in [7, 11) is 0. The van der Waals surface area contributed by atoms with Gasteiger partial charge in [-0.1, -0.05) is 13.8 Å². The fourth-order valence-corrected chi connectivity index (χ4v) is 1.05. The van der Waals surface area contributed by atoms with Crippen LogP contribution in [0.1, 0.15) is 33.6 Å². The van der Waals surface area contributed by atoms with E-state index in [9.17, 15) is 18.0 Å². The van der Waals surface area contributed by atoms with Crippen LogP contribution in [-0.2, 0) is 4.74 Å². The van der Waals surface area contributed by atoms with Crippen molar-refractivity contribution < 1.29 is 22.7 Å². The van der Waals surface area contributed by atoms with Crippen LogP contribution in [0.15, 0.2) is 0 Å². The Hall–Kier alpha value is -0.940. The van der Waals surface area contributed by atoms with Crippen molar-refractivity contribution >= 4 is 6.09 Å². The third kappa shape index (κ3) is 9.61. The number of amides is 1. The number of hydrogen-bond donors (Lipinski definition) is 1. The first-order chi connectivity index (χ1) is 7.20. The lowest BCUT2D eigenvalue weighted by molar-refractivity contribution is -0.160. The van der Waals surface area contributed by atoms with Crippen LogP contribution in [-0.4, -0.2) is 24.9 Å². The summed E-state index contributed by atoms with van der Waals surface area (Å²) in [5, 5.41) is 2.35. The molecule has 0 radical (unpaired) electrons. The van der Waals surface area contributed by atoms with Gasteiger partial charge in [0.2, 0.25) is 0 Å². The van der Waals surface area contributed by atoms with E-state index in [1.807, 2.05) is 13.8 Å². The molecule has 0 aromatic heterocycles. The predicted octanol–water partition coefficient (Wildman–Crippen LogP) is 3.10. The first-order valence-electron chi connectivity index (χ1n) is 5.20. The van der Waals surface area contributed by atoms with E-state index in [0.29, 0.717) is 5.92 Å². The highest BCUT2D eigenvalue weighted by molar-refractivity contribution is 5.67. The SMILES string of the molecule is CC(C)CCC(C)NC(=O)OCC(F)(F)F. The monoisotopic (exact) mass is 241 g/mol. The molecule has 1 atom stereocenters. The van der Waals surface area contributed by atoms with Crippen LogP contribution in [0.2, 0.25) is 0 Å². The Morgan fingerprint density at radius 1 is 1.25 bits per heavy atom. The minimum Gasteiger partial charge on any atom is -0.440 e. The van der Waals surface area contributed by atoms with Gasteiger partial charge in [0.05, 0.1) is 0 Å². The summed E-state index contributed by atoms with van der Waals surface area (Å²) >= 11 is 0. The second kappa shape index (κ2) is 6.60. The number of carbonyl (C=O) groups is 1. The molecule has 0 aliphatic heterocycles. The van der Waals surface area contributed by atoms with Gasteiger partial charge in [0.15, 0.2) is 6.61 Å².